The van der Waals surface area contributed by atoms with Gasteiger partial charge in [0.2, 0.25) is 17.8 Å². The van der Waals surface area contributed by atoms with Crippen LogP contribution < -0.4 is 20.8 Å². The summed E-state index contributed by atoms with van der Waals surface area (Å²) in [5.41, 5.74) is 7.32. The summed E-state index contributed by atoms with van der Waals surface area (Å²) in [4.78, 5) is 23.8. The van der Waals surface area contributed by atoms with Gasteiger partial charge >= 0.3 is 0 Å². The smallest absolute Gasteiger partial charge is 0.269 e. The largest absolute Gasteiger partial charge is 0.495 e. The number of anilines is 5. The van der Waals surface area contributed by atoms with Gasteiger partial charge in [-0.1, -0.05) is 6.07 Å². The van der Waals surface area contributed by atoms with Crippen molar-refractivity contribution in [1.82, 2.24) is 15.0 Å². The molecule has 194 valence electrons. The van der Waals surface area contributed by atoms with E-state index in [0.717, 1.165) is 24.0 Å². The zero-order chi connectivity index (χ0) is 27.2. The summed E-state index contributed by atoms with van der Waals surface area (Å²) < 4.78 is 7.52. The van der Waals surface area contributed by atoms with E-state index in [9.17, 15) is 10.1 Å². The van der Waals surface area contributed by atoms with Gasteiger partial charge in [0.15, 0.2) is 0 Å². The Balaban J connectivity index is 1.63. The second kappa shape index (κ2) is 12.3. The Labute approximate surface area is 246 Å². The third-order valence-electron chi connectivity index (χ3n) is 5.34. The fraction of sp³-hybridized carbons (Fsp3) is 0.120. The Morgan fingerprint density at radius 2 is 1.53 bits per heavy atom. The van der Waals surface area contributed by atoms with Crippen LogP contribution in [0.25, 0.3) is 0 Å². The second-order valence-corrected chi connectivity index (χ2v) is 10.4. The van der Waals surface area contributed by atoms with E-state index >= 15 is 0 Å². The number of halogens is 2. The first-order valence-corrected chi connectivity index (χ1v) is 13.3. The molecule has 0 unspecified atom stereocenters. The first-order chi connectivity index (χ1) is 18.2. The lowest BCUT2D eigenvalue weighted by molar-refractivity contribution is -0.384. The molecule has 13 heteroatoms. The van der Waals surface area contributed by atoms with E-state index in [1.807, 2.05) is 44.2 Å². The van der Waals surface area contributed by atoms with Crippen LogP contribution in [-0.2, 0) is 0 Å². The predicted octanol–water partition coefficient (Wildman–Crippen LogP) is 6.55. The summed E-state index contributed by atoms with van der Waals surface area (Å²) in [5.74, 6) is 1.40. The Kier molecular flexibility index (Phi) is 8.88. The van der Waals surface area contributed by atoms with E-state index in [1.54, 1.807) is 25.5 Å². The minimum absolute atomic E-state index is 0.0133. The number of nitro groups is 1. The van der Waals surface area contributed by atoms with E-state index in [-0.39, 0.29) is 23.5 Å². The lowest BCUT2D eigenvalue weighted by Crippen LogP contribution is -2.07. The summed E-state index contributed by atoms with van der Waals surface area (Å²) in [6, 6.07) is 15.9. The van der Waals surface area contributed by atoms with Crippen molar-refractivity contribution >= 4 is 86.3 Å². The van der Waals surface area contributed by atoms with E-state index in [4.69, 9.17) is 4.74 Å². The molecule has 0 radical (unpaired) electrons. The normalized spacial score (nSPS) is 10.9. The van der Waals surface area contributed by atoms with Crippen LogP contribution in [0.3, 0.4) is 0 Å². The fourth-order valence-electron chi connectivity index (χ4n) is 3.33. The average molecular weight is 736 g/mol. The van der Waals surface area contributed by atoms with E-state index < -0.39 is 4.92 Å². The van der Waals surface area contributed by atoms with Gasteiger partial charge in [-0.2, -0.15) is 20.1 Å². The molecule has 0 bridgehead atoms. The summed E-state index contributed by atoms with van der Waals surface area (Å²) in [7, 11) is 1.61. The molecule has 0 atom stereocenters. The molecule has 3 N–H and O–H groups in total. The first kappa shape index (κ1) is 27.4. The van der Waals surface area contributed by atoms with Crippen LogP contribution in [0.1, 0.15) is 16.7 Å². The van der Waals surface area contributed by atoms with Gasteiger partial charge < -0.3 is 15.4 Å². The van der Waals surface area contributed by atoms with Gasteiger partial charge in [-0.25, -0.2) is 5.43 Å². The number of aromatic nitrogens is 3. The highest BCUT2D eigenvalue weighted by Crippen LogP contribution is 2.27. The number of benzene rings is 3. The van der Waals surface area contributed by atoms with Crippen LogP contribution in [0.5, 0.6) is 5.75 Å². The molecule has 0 saturated heterocycles. The maximum absolute atomic E-state index is 11.0. The monoisotopic (exact) mass is 736 g/mol. The highest BCUT2D eigenvalue weighted by molar-refractivity contribution is 14.1. The van der Waals surface area contributed by atoms with Gasteiger partial charge in [0.1, 0.15) is 5.75 Å². The van der Waals surface area contributed by atoms with Crippen LogP contribution in [0, 0.1) is 31.1 Å². The van der Waals surface area contributed by atoms with Crippen molar-refractivity contribution in [2.45, 2.75) is 13.8 Å². The molecule has 0 aliphatic rings. The SMILES string of the molecule is COc1c(I)cc(I)cc1/C=N/Nc1nc(Nc2ccc([N+](=O)[O-])cc2)nc(Nc2ccc(C)c(C)c2)n1. The van der Waals surface area contributed by atoms with Crippen molar-refractivity contribution in [3.63, 3.8) is 0 Å². The summed E-state index contributed by atoms with van der Waals surface area (Å²) in [5, 5.41) is 21.5. The van der Waals surface area contributed by atoms with Gasteiger partial charge in [0.25, 0.3) is 5.69 Å². The Bertz CT molecular complexity index is 1510. The molecular weight excluding hydrogens is 714 g/mol. The molecule has 0 aliphatic carbocycles. The molecule has 11 nitrogen and oxygen atoms in total. The topological polar surface area (TPSA) is 139 Å². The zero-order valence-corrected chi connectivity index (χ0v) is 24.8. The minimum atomic E-state index is -0.456. The first-order valence-electron chi connectivity index (χ1n) is 11.2. The molecule has 1 aromatic heterocycles. The summed E-state index contributed by atoms with van der Waals surface area (Å²) in [6.07, 6.45) is 1.63. The Morgan fingerprint density at radius 1 is 0.895 bits per heavy atom. The van der Waals surface area contributed by atoms with Crippen molar-refractivity contribution in [1.29, 1.82) is 0 Å². The number of nitro benzene ring substituents is 1. The molecular formula is C25H22I2N8O3. The zero-order valence-electron chi connectivity index (χ0n) is 20.5. The maximum atomic E-state index is 11.0. The third-order valence-corrected chi connectivity index (χ3v) is 6.77. The van der Waals surface area contributed by atoms with E-state index in [2.05, 4.69) is 81.3 Å². The second-order valence-electron chi connectivity index (χ2n) is 8.04. The fourth-order valence-corrected chi connectivity index (χ4v) is 5.44. The van der Waals surface area contributed by atoms with Crippen LogP contribution in [0.2, 0.25) is 0 Å². The molecule has 1 heterocycles. The van der Waals surface area contributed by atoms with Crippen LogP contribution in [-0.4, -0.2) is 33.2 Å². The van der Waals surface area contributed by atoms with Gasteiger partial charge in [0, 0.05) is 32.6 Å². The quantitative estimate of drug-likeness (QED) is 0.0756. The minimum Gasteiger partial charge on any atom is -0.495 e. The number of aryl methyl sites for hydroxylation is 2. The molecule has 0 amide bonds. The lowest BCUT2D eigenvalue weighted by atomic mass is 10.1. The number of rotatable bonds is 9. The van der Waals surface area contributed by atoms with Gasteiger partial charge in [-0.3, -0.25) is 10.1 Å². The lowest BCUT2D eigenvalue weighted by Gasteiger charge is -2.11. The molecule has 4 rings (SSSR count). The van der Waals surface area contributed by atoms with Crippen molar-refractivity contribution in [2.75, 3.05) is 23.2 Å². The van der Waals surface area contributed by atoms with Crippen molar-refractivity contribution < 1.29 is 9.66 Å². The molecule has 0 saturated carbocycles. The number of hydrogen-bond donors (Lipinski definition) is 3. The maximum Gasteiger partial charge on any atom is 0.269 e. The van der Waals surface area contributed by atoms with Crippen molar-refractivity contribution in [2.24, 2.45) is 5.10 Å². The van der Waals surface area contributed by atoms with Gasteiger partial charge in [0.05, 0.1) is 21.8 Å². The summed E-state index contributed by atoms with van der Waals surface area (Å²) in [6.45, 7) is 4.06. The number of non-ortho nitro benzene ring substituents is 1. The molecule has 0 spiro atoms. The highest BCUT2D eigenvalue weighted by Gasteiger charge is 2.11. The van der Waals surface area contributed by atoms with Gasteiger partial charge in [-0.05, 0) is 107 Å². The Morgan fingerprint density at radius 3 is 2.16 bits per heavy atom. The number of methoxy groups -OCH3 is 1. The highest BCUT2D eigenvalue weighted by atomic mass is 127. The third kappa shape index (κ3) is 7.03. The number of nitrogens with zero attached hydrogens (tertiary/aromatic N) is 5. The number of hydrazone groups is 1. The van der Waals surface area contributed by atoms with Gasteiger partial charge in [-0.15, -0.1) is 0 Å². The molecule has 38 heavy (non-hydrogen) atoms. The van der Waals surface area contributed by atoms with E-state index in [1.165, 1.54) is 17.7 Å². The van der Waals surface area contributed by atoms with Crippen molar-refractivity contribution in [3.8, 4) is 5.75 Å². The van der Waals surface area contributed by atoms with Crippen LogP contribution in [0.4, 0.5) is 34.9 Å². The van der Waals surface area contributed by atoms with Crippen molar-refractivity contribution in [3.05, 3.63) is 88.5 Å². The standard InChI is InChI=1S/C25H22I2N8O3/c1-14-4-5-19(10-15(14)2)30-24-31-23(29-18-6-8-20(9-7-18)35(36)37)32-25(33-24)34-28-13-16-11-17(26)12-21(27)22(16)38-3/h4-13H,1-3H3,(H3,29,30,31,32,33,34)/b28-13+. The summed E-state index contributed by atoms with van der Waals surface area (Å²) >= 11 is 4.45. The average Bonchev–Trinajstić information content (AvgIpc) is 2.86. The molecule has 0 fully saturated rings. The van der Waals surface area contributed by atoms with Crippen LogP contribution in [0.15, 0.2) is 59.7 Å². The molecule has 4 aromatic rings. The Hall–Kier alpha value is -3.60. The van der Waals surface area contributed by atoms with Crippen LogP contribution >= 0.6 is 45.2 Å². The number of hydrogen-bond acceptors (Lipinski definition) is 10. The molecule has 3 aromatic carbocycles. The number of ether oxygens (including phenoxy) is 1. The predicted molar refractivity (Wildman–Crippen MR) is 165 cm³/mol. The van der Waals surface area contributed by atoms with E-state index in [0.29, 0.717) is 11.4 Å². The molecule has 0 aliphatic heterocycles. The number of nitrogens with one attached hydrogen (secondary N) is 3.